The van der Waals surface area contributed by atoms with Crippen LogP contribution in [0.15, 0.2) is 54.6 Å². The largest absolute Gasteiger partial charge is 0.491 e. The van der Waals surface area contributed by atoms with Crippen molar-refractivity contribution in [3.63, 3.8) is 0 Å². The number of nitrogen functional groups attached to an aromatic ring is 1. The fourth-order valence-corrected chi connectivity index (χ4v) is 3.04. The lowest BCUT2D eigenvalue weighted by molar-refractivity contribution is 0.295. The molecule has 3 aromatic rings. The average Bonchev–Trinajstić information content (AvgIpc) is 2.94. The Bertz CT molecular complexity index is 939. The zero-order valence-electron chi connectivity index (χ0n) is 14.6. The molecule has 1 heterocycles. The van der Waals surface area contributed by atoms with Crippen LogP contribution >= 0.6 is 11.6 Å². The molecular weight excluding hydrogens is 346 g/mol. The number of rotatable bonds is 6. The summed E-state index contributed by atoms with van der Waals surface area (Å²) in [5, 5.41) is 10.1. The van der Waals surface area contributed by atoms with Gasteiger partial charge in [-0.3, -0.25) is 0 Å². The van der Waals surface area contributed by atoms with Crippen molar-refractivity contribution in [1.82, 2.24) is 4.57 Å². The Balaban J connectivity index is 1.78. The van der Waals surface area contributed by atoms with Crippen LogP contribution in [0.4, 0.5) is 5.69 Å². The van der Waals surface area contributed by atoms with Gasteiger partial charge in [-0.1, -0.05) is 41.9 Å². The van der Waals surface area contributed by atoms with Gasteiger partial charge in [0.15, 0.2) is 0 Å². The van der Waals surface area contributed by atoms with Gasteiger partial charge in [0.25, 0.3) is 0 Å². The minimum atomic E-state index is 0.460. The van der Waals surface area contributed by atoms with Gasteiger partial charge in [0.1, 0.15) is 24.1 Å². The first-order valence-electron chi connectivity index (χ1n) is 8.39. The van der Waals surface area contributed by atoms with Gasteiger partial charge in [0, 0.05) is 17.1 Å². The molecule has 5 heteroatoms. The number of nitrogens with two attached hydrogens (primary N) is 1. The van der Waals surface area contributed by atoms with Gasteiger partial charge in [-0.25, -0.2) is 0 Å². The van der Waals surface area contributed by atoms with E-state index >= 15 is 0 Å². The highest BCUT2D eigenvalue weighted by molar-refractivity contribution is 6.30. The molecule has 0 saturated carbocycles. The van der Waals surface area contributed by atoms with Crippen molar-refractivity contribution in [2.45, 2.75) is 19.9 Å². The Kier molecular flexibility index (Phi) is 5.50. The van der Waals surface area contributed by atoms with Gasteiger partial charge < -0.3 is 15.0 Å². The number of hydrogen-bond donors (Lipinski definition) is 1. The summed E-state index contributed by atoms with van der Waals surface area (Å²) in [6.45, 7) is 3.02. The summed E-state index contributed by atoms with van der Waals surface area (Å²) in [5.41, 5.74) is 10.4. The van der Waals surface area contributed by atoms with Gasteiger partial charge in [0.2, 0.25) is 0 Å². The molecular formula is C21H20ClN3O. The van der Waals surface area contributed by atoms with E-state index in [2.05, 4.69) is 6.07 Å². The number of benzene rings is 2. The first-order valence-corrected chi connectivity index (χ1v) is 8.77. The predicted octanol–water partition coefficient (Wildman–Crippen LogP) is 4.57. The number of para-hydroxylation sites is 1. The summed E-state index contributed by atoms with van der Waals surface area (Å²) < 4.78 is 7.81. The molecule has 0 atom stereocenters. The van der Waals surface area contributed by atoms with Crippen LogP contribution in [0.3, 0.4) is 0 Å². The topological polar surface area (TPSA) is 64.0 Å². The lowest BCUT2D eigenvalue weighted by Gasteiger charge is -2.14. The number of aromatic nitrogens is 1. The number of hydrogen-bond acceptors (Lipinski definition) is 3. The highest BCUT2D eigenvalue weighted by Crippen LogP contribution is 2.23. The van der Waals surface area contributed by atoms with Crippen LogP contribution in [0.2, 0.25) is 5.02 Å². The Hall–Kier alpha value is -2.90. The third kappa shape index (κ3) is 4.01. The fourth-order valence-electron chi connectivity index (χ4n) is 2.92. The maximum absolute atomic E-state index is 9.43. The first-order chi connectivity index (χ1) is 12.6. The van der Waals surface area contributed by atoms with E-state index in [0.717, 1.165) is 22.6 Å². The lowest BCUT2D eigenvalue weighted by atomic mass is 10.1. The minimum Gasteiger partial charge on any atom is -0.491 e. The third-order valence-electron chi connectivity index (χ3n) is 4.31. The molecule has 0 aliphatic heterocycles. The SMILES string of the molecule is Cc1ccccc1OCCn1c(C#N)cc(N)c1Cc1ccc(Cl)cc1. The molecule has 4 nitrogen and oxygen atoms in total. The van der Waals surface area contributed by atoms with E-state index in [0.29, 0.717) is 36.0 Å². The number of halogens is 1. The molecule has 2 aromatic carbocycles. The van der Waals surface area contributed by atoms with E-state index < -0.39 is 0 Å². The molecule has 3 rings (SSSR count). The Morgan fingerprint density at radius 2 is 1.88 bits per heavy atom. The standard InChI is InChI=1S/C21H20ClN3O/c1-15-4-2-3-5-21(15)26-11-10-25-18(14-23)13-19(24)20(25)12-16-6-8-17(22)9-7-16/h2-9,13H,10-12,24H2,1H3. The second-order valence-corrected chi connectivity index (χ2v) is 6.55. The van der Waals surface area contributed by atoms with E-state index in [1.54, 1.807) is 6.07 Å². The minimum absolute atomic E-state index is 0.460. The van der Waals surface area contributed by atoms with Gasteiger partial charge in [0.05, 0.1) is 12.2 Å². The first kappa shape index (κ1) is 17.9. The molecule has 26 heavy (non-hydrogen) atoms. The van der Waals surface area contributed by atoms with Crippen LogP contribution in [0.5, 0.6) is 5.75 Å². The van der Waals surface area contributed by atoms with E-state index in [-0.39, 0.29) is 0 Å². The molecule has 0 spiro atoms. The van der Waals surface area contributed by atoms with Crippen LogP contribution in [0.25, 0.3) is 0 Å². The average molecular weight is 366 g/mol. The number of aryl methyl sites for hydroxylation is 1. The fraction of sp³-hybridized carbons (Fsp3) is 0.190. The van der Waals surface area contributed by atoms with Crippen molar-refractivity contribution in [3.05, 3.63) is 82.1 Å². The third-order valence-corrected chi connectivity index (χ3v) is 4.56. The van der Waals surface area contributed by atoms with Crippen LogP contribution in [0, 0.1) is 18.3 Å². The van der Waals surface area contributed by atoms with Crippen molar-refractivity contribution >= 4 is 17.3 Å². The van der Waals surface area contributed by atoms with E-state index in [9.17, 15) is 5.26 Å². The van der Waals surface area contributed by atoms with Crippen molar-refractivity contribution in [2.24, 2.45) is 0 Å². The molecule has 0 bridgehead atoms. The molecule has 0 aliphatic rings. The second-order valence-electron chi connectivity index (χ2n) is 6.11. The highest BCUT2D eigenvalue weighted by atomic mass is 35.5. The Labute approximate surface area is 158 Å². The van der Waals surface area contributed by atoms with Crippen molar-refractivity contribution in [2.75, 3.05) is 12.3 Å². The highest BCUT2D eigenvalue weighted by Gasteiger charge is 2.14. The van der Waals surface area contributed by atoms with Gasteiger partial charge in [-0.15, -0.1) is 0 Å². The Morgan fingerprint density at radius 1 is 1.15 bits per heavy atom. The smallest absolute Gasteiger partial charge is 0.122 e. The maximum Gasteiger partial charge on any atom is 0.122 e. The van der Waals surface area contributed by atoms with Gasteiger partial charge >= 0.3 is 0 Å². The molecule has 0 saturated heterocycles. The number of nitrogens with zero attached hydrogens (tertiary/aromatic N) is 2. The van der Waals surface area contributed by atoms with Crippen molar-refractivity contribution in [3.8, 4) is 11.8 Å². The van der Waals surface area contributed by atoms with E-state index in [4.69, 9.17) is 22.1 Å². The van der Waals surface area contributed by atoms with Crippen LogP contribution in [0.1, 0.15) is 22.5 Å². The molecule has 1 aromatic heterocycles. The van der Waals surface area contributed by atoms with Crippen molar-refractivity contribution in [1.29, 1.82) is 5.26 Å². The number of nitriles is 1. The van der Waals surface area contributed by atoms with E-state index in [1.807, 2.05) is 60.0 Å². The second kappa shape index (κ2) is 7.99. The molecule has 0 amide bonds. The van der Waals surface area contributed by atoms with Crippen LogP contribution in [-0.4, -0.2) is 11.2 Å². The van der Waals surface area contributed by atoms with Crippen LogP contribution in [-0.2, 0) is 13.0 Å². The summed E-state index contributed by atoms with van der Waals surface area (Å²) >= 11 is 5.95. The summed E-state index contributed by atoms with van der Waals surface area (Å²) in [6.07, 6.45) is 0.634. The summed E-state index contributed by atoms with van der Waals surface area (Å²) in [6, 6.07) is 19.5. The summed E-state index contributed by atoms with van der Waals surface area (Å²) in [4.78, 5) is 0. The molecule has 132 valence electrons. The Morgan fingerprint density at radius 3 is 2.58 bits per heavy atom. The normalized spacial score (nSPS) is 10.5. The van der Waals surface area contributed by atoms with Crippen molar-refractivity contribution < 1.29 is 4.74 Å². The van der Waals surface area contributed by atoms with Gasteiger partial charge in [-0.05, 0) is 42.3 Å². The van der Waals surface area contributed by atoms with Crippen LogP contribution < -0.4 is 10.5 Å². The quantitative estimate of drug-likeness (QED) is 0.695. The zero-order valence-corrected chi connectivity index (χ0v) is 15.3. The molecule has 2 N–H and O–H groups in total. The number of anilines is 1. The zero-order chi connectivity index (χ0) is 18.5. The molecule has 0 unspecified atom stereocenters. The molecule has 0 aliphatic carbocycles. The van der Waals surface area contributed by atoms with Gasteiger partial charge in [-0.2, -0.15) is 5.26 Å². The molecule has 0 fully saturated rings. The van der Waals surface area contributed by atoms with E-state index in [1.165, 1.54) is 0 Å². The summed E-state index contributed by atoms with van der Waals surface area (Å²) in [5.74, 6) is 0.852. The monoisotopic (exact) mass is 365 g/mol. The predicted molar refractivity (Wildman–Crippen MR) is 104 cm³/mol. The number of ether oxygens (including phenoxy) is 1. The maximum atomic E-state index is 9.43. The lowest BCUT2D eigenvalue weighted by Crippen LogP contribution is -2.13. The molecule has 0 radical (unpaired) electrons. The summed E-state index contributed by atoms with van der Waals surface area (Å²) in [7, 11) is 0.